The minimum Gasteiger partial charge on any atom is -0.493 e. The maximum atomic E-state index is 13.1. The molecule has 0 unspecified atom stereocenters. The molecule has 0 saturated carbocycles. The second kappa shape index (κ2) is 10.7. The van der Waals surface area contributed by atoms with Crippen LogP contribution in [0.4, 0.5) is 16.2 Å². The number of non-ortho nitro benzene ring substituents is 1. The molecule has 3 aromatic rings. The first-order valence-corrected chi connectivity index (χ1v) is 12.5. The summed E-state index contributed by atoms with van der Waals surface area (Å²) in [6, 6.07) is 10.7. The molecule has 0 bridgehead atoms. The van der Waals surface area contributed by atoms with E-state index in [4.69, 9.17) is 30.5 Å². The summed E-state index contributed by atoms with van der Waals surface area (Å²) >= 11 is 7.06. The molecule has 0 aromatic heterocycles. The van der Waals surface area contributed by atoms with E-state index in [0.29, 0.717) is 27.6 Å². The quantitative estimate of drug-likeness (QED) is 0.175. The monoisotopic (exact) mass is 585 g/mol. The predicted octanol–water partition coefficient (Wildman–Crippen LogP) is 5.92. The van der Waals surface area contributed by atoms with E-state index in [0.717, 1.165) is 34.9 Å². The van der Waals surface area contributed by atoms with Crippen molar-refractivity contribution in [2.45, 2.75) is 6.54 Å². The first-order chi connectivity index (χ1) is 19.1. The number of benzene rings is 3. The van der Waals surface area contributed by atoms with Gasteiger partial charge in [0.15, 0.2) is 23.0 Å². The molecule has 1 fully saturated rings. The molecule has 2 aliphatic rings. The zero-order valence-corrected chi connectivity index (χ0v) is 21.9. The molecule has 13 nitrogen and oxygen atoms in total. The molecule has 0 radical (unpaired) electrons. The van der Waals surface area contributed by atoms with E-state index < -0.39 is 32.4 Å². The first-order valence-electron chi connectivity index (χ1n) is 11.3. The van der Waals surface area contributed by atoms with Crippen molar-refractivity contribution >= 4 is 52.0 Å². The fourth-order valence-electron chi connectivity index (χ4n) is 3.86. The number of ether oxygens (including phenoxy) is 4. The molecule has 5 rings (SSSR count). The molecular weight excluding hydrogens is 570 g/mol. The number of hydrogen-bond donors (Lipinski definition) is 0. The molecule has 204 valence electrons. The number of imide groups is 1. The third kappa shape index (κ3) is 5.21. The molecule has 2 amide bonds. The van der Waals surface area contributed by atoms with Gasteiger partial charge in [-0.2, -0.15) is 0 Å². The number of carbonyl (C=O) groups is 2. The van der Waals surface area contributed by atoms with Gasteiger partial charge in [-0.25, -0.2) is 0 Å². The van der Waals surface area contributed by atoms with E-state index in [2.05, 4.69) is 0 Å². The van der Waals surface area contributed by atoms with Crippen molar-refractivity contribution in [1.82, 2.24) is 4.90 Å². The Kier molecular flexibility index (Phi) is 7.19. The second-order valence-corrected chi connectivity index (χ2v) is 9.64. The number of halogens is 1. The Morgan fingerprint density at radius 3 is 2.42 bits per heavy atom. The highest BCUT2D eigenvalue weighted by atomic mass is 35.5. The Labute approximate surface area is 234 Å². The number of rotatable bonds is 8. The van der Waals surface area contributed by atoms with Crippen LogP contribution in [0.25, 0.3) is 6.08 Å². The smallest absolute Gasteiger partial charge is 0.318 e. The molecule has 2 heterocycles. The largest absolute Gasteiger partial charge is 0.493 e. The van der Waals surface area contributed by atoms with Crippen LogP contribution in [-0.2, 0) is 11.3 Å². The van der Waals surface area contributed by atoms with Gasteiger partial charge in [-0.05, 0) is 53.2 Å². The van der Waals surface area contributed by atoms with Crippen molar-refractivity contribution in [3.63, 3.8) is 0 Å². The minimum atomic E-state index is -0.796. The third-order valence-corrected chi connectivity index (χ3v) is 7.06. The Bertz CT molecular complexity index is 1630. The number of amides is 2. The third-order valence-electron chi connectivity index (χ3n) is 5.80. The standard InChI is InChI=1S/C25H16ClN3O10S/c1-36-20-6-13(2-4-19(20)39-18-5-3-15(28(32)33)9-17(18)29(34)35)7-23-24(30)27(25(31)40-23)11-14-8-21-22(10-16(14)26)38-12-37-21/h2-10H,11-12H2,1H3/b23-7+. The van der Waals surface area contributed by atoms with Gasteiger partial charge in [-0.1, -0.05) is 17.7 Å². The number of carbonyl (C=O) groups excluding carboxylic acids is 2. The van der Waals surface area contributed by atoms with E-state index >= 15 is 0 Å². The van der Waals surface area contributed by atoms with Crippen molar-refractivity contribution in [1.29, 1.82) is 0 Å². The minimum absolute atomic E-state index is 0.0531. The van der Waals surface area contributed by atoms with Gasteiger partial charge in [0.25, 0.3) is 16.8 Å². The van der Waals surface area contributed by atoms with E-state index in [9.17, 15) is 29.8 Å². The second-order valence-electron chi connectivity index (χ2n) is 8.24. The van der Waals surface area contributed by atoms with Gasteiger partial charge in [0.1, 0.15) is 0 Å². The SMILES string of the molecule is COc1cc(/C=C2/SC(=O)N(Cc3cc4c(cc3Cl)OCO4)C2=O)ccc1Oc1ccc([N+](=O)[O-])cc1[N+](=O)[O-]. The average Bonchev–Trinajstić information content (AvgIpc) is 3.48. The van der Waals surface area contributed by atoms with Crippen LogP contribution >= 0.6 is 23.4 Å². The molecule has 40 heavy (non-hydrogen) atoms. The molecule has 0 N–H and O–H groups in total. The van der Waals surface area contributed by atoms with E-state index in [1.807, 2.05) is 0 Å². The molecule has 3 aromatic carbocycles. The topological polar surface area (TPSA) is 161 Å². The fourth-order valence-corrected chi connectivity index (χ4v) is 4.92. The van der Waals surface area contributed by atoms with E-state index in [1.54, 1.807) is 18.2 Å². The number of thioether (sulfide) groups is 1. The van der Waals surface area contributed by atoms with Crippen LogP contribution in [0.3, 0.4) is 0 Å². The van der Waals surface area contributed by atoms with Crippen molar-refractivity contribution in [2.75, 3.05) is 13.9 Å². The zero-order valence-electron chi connectivity index (χ0n) is 20.3. The van der Waals surface area contributed by atoms with Crippen LogP contribution in [0.2, 0.25) is 5.02 Å². The van der Waals surface area contributed by atoms with Gasteiger partial charge in [0.05, 0.1) is 34.5 Å². The molecule has 0 spiro atoms. The van der Waals surface area contributed by atoms with Gasteiger partial charge in [-0.3, -0.25) is 34.7 Å². The summed E-state index contributed by atoms with van der Waals surface area (Å²) in [5.41, 5.74) is -0.0698. The van der Waals surface area contributed by atoms with Crippen LogP contribution in [0, 0.1) is 20.2 Å². The van der Waals surface area contributed by atoms with Gasteiger partial charge < -0.3 is 18.9 Å². The highest BCUT2D eigenvalue weighted by molar-refractivity contribution is 8.18. The summed E-state index contributed by atoms with van der Waals surface area (Å²) in [7, 11) is 1.35. The normalized spacial score (nSPS) is 15.1. The van der Waals surface area contributed by atoms with Gasteiger partial charge in [0, 0.05) is 17.2 Å². The molecule has 0 aliphatic carbocycles. The fraction of sp³-hybridized carbons (Fsp3) is 0.120. The lowest BCUT2D eigenvalue weighted by molar-refractivity contribution is -0.394. The highest BCUT2D eigenvalue weighted by Gasteiger charge is 2.36. The van der Waals surface area contributed by atoms with Crippen LogP contribution in [0.5, 0.6) is 28.7 Å². The summed E-state index contributed by atoms with van der Waals surface area (Å²) in [5, 5.41) is 22.3. The lowest BCUT2D eigenvalue weighted by atomic mass is 10.1. The lowest BCUT2D eigenvalue weighted by Crippen LogP contribution is -2.27. The van der Waals surface area contributed by atoms with E-state index in [-0.39, 0.29) is 35.5 Å². The van der Waals surface area contributed by atoms with Crippen molar-refractivity contribution in [2.24, 2.45) is 0 Å². The van der Waals surface area contributed by atoms with Crippen LogP contribution in [0.15, 0.2) is 53.4 Å². The Morgan fingerprint density at radius 2 is 1.73 bits per heavy atom. The lowest BCUT2D eigenvalue weighted by Gasteiger charge is -2.14. The summed E-state index contributed by atoms with van der Waals surface area (Å²) in [6.07, 6.45) is 1.49. The number of nitro groups is 2. The molecule has 15 heteroatoms. The van der Waals surface area contributed by atoms with E-state index in [1.165, 1.54) is 25.3 Å². The first kappa shape index (κ1) is 26.8. The Hall–Kier alpha value is -4.82. The van der Waals surface area contributed by atoms with Crippen LogP contribution < -0.4 is 18.9 Å². The number of nitro benzene ring substituents is 2. The van der Waals surface area contributed by atoms with Gasteiger partial charge in [0.2, 0.25) is 12.5 Å². The molecule has 1 saturated heterocycles. The average molecular weight is 586 g/mol. The summed E-state index contributed by atoms with van der Waals surface area (Å²) < 4.78 is 21.6. The Balaban J connectivity index is 1.37. The molecule has 2 aliphatic heterocycles. The maximum Gasteiger partial charge on any atom is 0.318 e. The van der Waals surface area contributed by atoms with Crippen molar-refractivity contribution in [3.05, 3.63) is 89.8 Å². The number of methoxy groups -OCH3 is 1. The van der Waals surface area contributed by atoms with Gasteiger partial charge in [-0.15, -0.1) is 0 Å². The van der Waals surface area contributed by atoms with Gasteiger partial charge >= 0.3 is 5.69 Å². The van der Waals surface area contributed by atoms with Crippen LogP contribution in [-0.4, -0.2) is 39.8 Å². The summed E-state index contributed by atoms with van der Waals surface area (Å²) in [5.74, 6) is 0.437. The summed E-state index contributed by atoms with van der Waals surface area (Å²) in [4.78, 5) is 47.8. The molecular formula is C25H16ClN3O10S. The van der Waals surface area contributed by atoms with Crippen molar-refractivity contribution < 1.29 is 38.4 Å². The molecule has 0 atom stereocenters. The highest BCUT2D eigenvalue weighted by Crippen LogP contribution is 2.41. The predicted molar refractivity (Wildman–Crippen MR) is 142 cm³/mol. The van der Waals surface area contributed by atoms with Crippen LogP contribution in [0.1, 0.15) is 11.1 Å². The Morgan fingerprint density at radius 1 is 1.00 bits per heavy atom. The maximum absolute atomic E-state index is 13.1. The summed E-state index contributed by atoms with van der Waals surface area (Å²) in [6.45, 7) is -0.0148. The number of nitrogens with zero attached hydrogens (tertiary/aromatic N) is 3. The number of fused-ring (bicyclic) bond motifs is 1. The zero-order chi connectivity index (χ0) is 28.6. The van der Waals surface area contributed by atoms with Crippen molar-refractivity contribution in [3.8, 4) is 28.7 Å². The number of hydrogen-bond acceptors (Lipinski definition) is 11.